The second kappa shape index (κ2) is 2.58. The van der Waals surface area contributed by atoms with E-state index in [0.717, 1.165) is 12.1 Å². The zero-order valence-electron chi connectivity index (χ0n) is 8.24. The monoisotopic (exact) mass is 181 g/mol. The van der Waals surface area contributed by atoms with Crippen molar-refractivity contribution in [3.63, 3.8) is 0 Å². The Hall–Kier alpha value is -0.830. The van der Waals surface area contributed by atoms with Crippen LogP contribution in [-0.4, -0.2) is 28.1 Å². The van der Waals surface area contributed by atoms with Crippen molar-refractivity contribution in [1.82, 2.24) is 4.90 Å². The molecule has 2 aliphatic rings. The molecule has 13 heavy (non-hydrogen) atoms. The summed E-state index contributed by atoms with van der Waals surface area (Å²) in [6, 6.07) is 0.243. The first kappa shape index (κ1) is 8.75. The molecule has 3 unspecified atom stereocenters. The van der Waals surface area contributed by atoms with E-state index >= 15 is 0 Å². The van der Waals surface area contributed by atoms with Crippen molar-refractivity contribution in [2.45, 2.75) is 39.3 Å². The predicted molar refractivity (Wildman–Crippen MR) is 48.8 cm³/mol. The Morgan fingerprint density at radius 1 is 1.54 bits per heavy atom. The number of carbonyl (C=O) groups is 1. The van der Waals surface area contributed by atoms with Crippen LogP contribution in [0.4, 0.5) is 0 Å². The first-order chi connectivity index (χ1) is 6.04. The average Bonchev–Trinajstić information content (AvgIpc) is 2.24. The normalized spacial score (nSPS) is 34.8. The van der Waals surface area contributed by atoms with E-state index in [1.165, 1.54) is 5.57 Å². The summed E-state index contributed by atoms with van der Waals surface area (Å²) in [6.45, 7) is 5.73. The van der Waals surface area contributed by atoms with Crippen molar-refractivity contribution in [2.75, 3.05) is 0 Å². The number of fused-ring (bicyclic) bond motifs is 1. The summed E-state index contributed by atoms with van der Waals surface area (Å²) in [5.41, 5.74) is 2.37. The van der Waals surface area contributed by atoms with E-state index in [0.29, 0.717) is 0 Å². The molecule has 1 amide bonds. The lowest BCUT2D eigenvalue weighted by molar-refractivity contribution is -0.157. The summed E-state index contributed by atoms with van der Waals surface area (Å²) >= 11 is 0. The highest BCUT2D eigenvalue weighted by Gasteiger charge is 2.53. The Bertz CT molecular complexity index is 293. The first-order valence-electron chi connectivity index (χ1n) is 4.71. The van der Waals surface area contributed by atoms with Crippen LogP contribution in [0.1, 0.15) is 27.2 Å². The number of rotatable bonds is 1. The van der Waals surface area contributed by atoms with Crippen molar-refractivity contribution in [3.05, 3.63) is 11.3 Å². The van der Waals surface area contributed by atoms with Crippen LogP contribution in [0.3, 0.4) is 0 Å². The fourth-order valence-electron chi connectivity index (χ4n) is 2.39. The molecular weight excluding hydrogens is 166 g/mol. The number of carbonyl (C=O) groups excluding carboxylic acids is 1. The molecule has 0 radical (unpaired) electrons. The largest absolute Gasteiger partial charge is 0.393 e. The van der Waals surface area contributed by atoms with Crippen LogP contribution < -0.4 is 0 Å². The maximum absolute atomic E-state index is 11.6. The van der Waals surface area contributed by atoms with Gasteiger partial charge in [0.2, 0.25) is 5.91 Å². The molecule has 2 heterocycles. The zero-order chi connectivity index (χ0) is 9.75. The summed E-state index contributed by atoms with van der Waals surface area (Å²) < 4.78 is 0. The fourth-order valence-corrected chi connectivity index (χ4v) is 2.39. The van der Waals surface area contributed by atoms with Crippen LogP contribution in [-0.2, 0) is 4.79 Å². The number of hydrogen-bond acceptors (Lipinski definition) is 2. The van der Waals surface area contributed by atoms with E-state index in [2.05, 4.69) is 6.92 Å². The van der Waals surface area contributed by atoms with Gasteiger partial charge in [-0.25, -0.2) is 0 Å². The molecule has 3 nitrogen and oxygen atoms in total. The molecular formula is C10H15NO2. The van der Waals surface area contributed by atoms with Crippen LogP contribution in [0.5, 0.6) is 0 Å². The van der Waals surface area contributed by atoms with Crippen LogP contribution in [0.15, 0.2) is 11.3 Å². The minimum Gasteiger partial charge on any atom is -0.393 e. The molecule has 0 saturated carbocycles. The Balaban J connectivity index is 2.20. The van der Waals surface area contributed by atoms with E-state index in [1.807, 2.05) is 11.8 Å². The average molecular weight is 181 g/mol. The van der Waals surface area contributed by atoms with Gasteiger partial charge in [-0.2, -0.15) is 0 Å². The first-order valence-corrected chi connectivity index (χ1v) is 4.71. The highest BCUT2D eigenvalue weighted by molar-refractivity contribution is 5.89. The summed E-state index contributed by atoms with van der Waals surface area (Å²) in [5.74, 6) is -0.0678. The topological polar surface area (TPSA) is 40.5 Å². The Morgan fingerprint density at radius 3 is 2.69 bits per heavy atom. The Morgan fingerprint density at radius 2 is 2.15 bits per heavy atom. The summed E-state index contributed by atoms with van der Waals surface area (Å²) in [4.78, 5) is 13.4. The molecule has 3 heteroatoms. The number of nitrogens with zero attached hydrogens (tertiary/aromatic N) is 1. The zero-order valence-corrected chi connectivity index (χ0v) is 8.24. The summed E-state index contributed by atoms with van der Waals surface area (Å²) in [7, 11) is 0. The molecule has 2 aliphatic heterocycles. The molecule has 0 aromatic carbocycles. The van der Waals surface area contributed by atoms with Crippen LogP contribution in [0.25, 0.3) is 0 Å². The molecule has 0 aromatic heterocycles. The van der Waals surface area contributed by atoms with E-state index in [9.17, 15) is 9.90 Å². The molecule has 1 fully saturated rings. The van der Waals surface area contributed by atoms with Crippen molar-refractivity contribution in [3.8, 4) is 0 Å². The lowest BCUT2D eigenvalue weighted by Gasteiger charge is -2.45. The third kappa shape index (κ3) is 0.967. The van der Waals surface area contributed by atoms with Gasteiger partial charge in [0.05, 0.1) is 18.1 Å². The Kier molecular flexibility index (Phi) is 1.74. The van der Waals surface area contributed by atoms with Gasteiger partial charge in [0.25, 0.3) is 0 Å². The second-order valence-corrected chi connectivity index (χ2v) is 4.11. The fraction of sp³-hybridized carbons (Fsp3) is 0.700. The number of β-lactam (4-membered cyclic amide) rings is 1. The highest BCUT2D eigenvalue weighted by atomic mass is 16.3. The van der Waals surface area contributed by atoms with Gasteiger partial charge < -0.3 is 10.0 Å². The molecule has 72 valence electrons. The second-order valence-electron chi connectivity index (χ2n) is 4.11. The number of allylic oxidation sites excluding steroid dienone is 1. The number of aliphatic hydroxyl groups is 1. The quantitative estimate of drug-likeness (QED) is 0.610. The van der Waals surface area contributed by atoms with Gasteiger partial charge in [-0.15, -0.1) is 0 Å². The van der Waals surface area contributed by atoms with Gasteiger partial charge in [0.1, 0.15) is 0 Å². The maximum atomic E-state index is 11.6. The molecule has 0 aliphatic carbocycles. The predicted octanol–water partition coefficient (Wildman–Crippen LogP) is 0.892. The van der Waals surface area contributed by atoms with Crippen LogP contribution >= 0.6 is 0 Å². The lowest BCUT2D eigenvalue weighted by Crippen LogP contribution is -2.60. The van der Waals surface area contributed by atoms with Gasteiger partial charge in [0.15, 0.2) is 0 Å². The number of amides is 1. The van der Waals surface area contributed by atoms with Gasteiger partial charge >= 0.3 is 0 Å². The molecule has 1 saturated heterocycles. The third-order valence-electron chi connectivity index (χ3n) is 3.28. The molecule has 0 aromatic rings. The van der Waals surface area contributed by atoms with E-state index in [-0.39, 0.29) is 17.9 Å². The summed E-state index contributed by atoms with van der Waals surface area (Å²) in [5, 5.41) is 9.40. The standard InChI is InChI=1S/C10H15NO2/c1-5-4-8-9(7(3)12)10(13)11(8)6(5)2/h7-9,12H,4H2,1-3H3. The van der Waals surface area contributed by atoms with Crippen molar-refractivity contribution in [2.24, 2.45) is 5.92 Å². The van der Waals surface area contributed by atoms with Crippen molar-refractivity contribution in [1.29, 1.82) is 0 Å². The van der Waals surface area contributed by atoms with E-state index in [1.54, 1.807) is 6.92 Å². The van der Waals surface area contributed by atoms with Crippen molar-refractivity contribution >= 4 is 5.91 Å². The minimum absolute atomic E-state index is 0.0920. The number of aliphatic hydroxyl groups excluding tert-OH is 1. The third-order valence-corrected chi connectivity index (χ3v) is 3.28. The molecule has 3 atom stereocenters. The highest BCUT2D eigenvalue weighted by Crippen LogP contribution is 2.42. The van der Waals surface area contributed by atoms with Gasteiger partial charge in [-0.1, -0.05) is 5.57 Å². The van der Waals surface area contributed by atoms with Gasteiger partial charge in [0, 0.05) is 5.70 Å². The van der Waals surface area contributed by atoms with E-state index in [4.69, 9.17) is 0 Å². The van der Waals surface area contributed by atoms with Gasteiger partial charge in [-0.05, 0) is 27.2 Å². The molecule has 0 spiro atoms. The maximum Gasteiger partial charge on any atom is 0.234 e. The Labute approximate surface area is 78.0 Å². The SMILES string of the molecule is CC1=C(C)N2C(=O)C(C(C)O)C2C1. The smallest absolute Gasteiger partial charge is 0.234 e. The lowest BCUT2D eigenvalue weighted by atomic mass is 9.83. The molecule has 2 rings (SSSR count). The summed E-state index contributed by atoms with van der Waals surface area (Å²) in [6.07, 6.45) is 0.431. The van der Waals surface area contributed by atoms with Gasteiger partial charge in [-0.3, -0.25) is 4.79 Å². The van der Waals surface area contributed by atoms with Crippen LogP contribution in [0.2, 0.25) is 0 Å². The minimum atomic E-state index is -0.507. The van der Waals surface area contributed by atoms with Crippen molar-refractivity contribution < 1.29 is 9.90 Å². The molecule has 1 N–H and O–H groups in total. The van der Waals surface area contributed by atoms with E-state index < -0.39 is 6.10 Å². The number of hydrogen-bond donors (Lipinski definition) is 1. The van der Waals surface area contributed by atoms with Crippen LogP contribution in [0, 0.1) is 5.92 Å². The molecule has 0 bridgehead atoms.